The number of aliphatic imine (C=N–C) groups is 1. The maximum atomic E-state index is 12.9. The van der Waals surface area contributed by atoms with Gasteiger partial charge in [-0.1, -0.05) is 65.8 Å². The third kappa shape index (κ3) is 3.93. The molecule has 2 heterocycles. The van der Waals surface area contributed by atoms with Crippen molar-refractivity contribution in [1.29, 1.82) is 0 Å². The van der Waals surface area contributed by atoms with E-state index in [0.29, 0.717) is 17.3 Å². The third-order valence-electron chi connectivity index (χ3n) is 4.78. The lowest BCUT2D eigenvalue weighted by Gasteiger charge is -2.11. The van der Waals surface area contributed by atoms with Crippen molar-refractivity contribution in [2.45, 2.75) is 6.17 Å². The SMILES string of the molecule is O=C1Nc2ccccc2C(c2ccccc2)=N[C@@H]1Nc1nnc(-c2ccccc2I)o1. The number of carbonyl (C=O) groups excluding carboxylic acids is 1. The number of rotatable bonds is 4. The lowest BCUT2D eigenvalue weighted by molar-refractivity contribution is -0.116. The van der Waals surface area contributed by atoms with Crippen LogP contribution in [0.4, 0.5) is 11.7 Å². The zero-order valence-corrected chi connectivity index (χ0v) is 18.3. The van der Waals surface area contributed by atoms with Crippen LogP contribution in [0.1, 0.15) is 11.1 Å². The van der Waals surface area contributed by atoms with Gasteiger partial charge >= 0.3 is 6.01 Å². The van der Waals surface area contributed by atoms with E-state index in [2.05, 4.69) is 43.4 Å². The number of hydrogen-bond donors (Lipinski definition) is 2. The second-order valence-corrected chi connectivity index (χ2v) is 7.98. The van der Waals surface area contributed by atoms with E-state index in [-0.39, 0.29) is 11.9 Å². The topological polar surface area (TPSA) is 92.4 Å². The Kier molecular flexibility index (Phi) is 5.21. The first-order valence-electron chi connectivity index (χ1n) is 9.57. The number of anilines is 2. The summed E-state index contributed by atoms with van der Waals surface area (Å²) in [5, 5.41) is 14.1. The summed E-state index contributed by atoms with van der Waals surface area (Å²) in [6, 6.07) is 25.2. The number of benzodiazepines with no additional fused rings is 1. The summed E-state index contributed by atoms with van der Waals surface area (Å²) in [6.45, 7) is 0. The molecule has 0 unspecified atom stereocenters. The van der Waals surface area contributed by atoms with E-state index < -0.39 is 6.17 Å². The van der Waals surface area contributed by atoms with Crippen LogP contribution in [0.25, 0.3) is 11.5 Å². The van der Waals surface area contributed by atoms with E-state index in [1.54, 1.807) is 0 Å². The molecule has 4 aromatic rings. The molecular weight excluding hydrogens is 505 g/mol. The van der Waals surface area contributed by atoms with E-state index in [1.807, 2.05) is 78.9 Å². The van der Waals surface area contributed by atoms with Crippen LogP contribution in [0.5, 0.6) is 0 Å². The Bertz CT molecular complexity index is 1290. The van der Waals surface area contributed by atoms with Crippen LogP contribution in [0.2, 0.25) is 0 Å². The van der Waals surface area contributed by atoms with Crippen LogP contribution in [0.15, 0.2) is 88.3 Å². The van der Waals surface area contributed by atoms with Gasteiger partial charge in [0.05, 0.1) is 17.0 Å². The van der Waals surface area contributed by atoms with Crippen LogP contribution in [-0.4, -0.2) is 28.0 Å². The minimum absolute atomic E-state index is 0.122. The number of carbonyl (C=O) groups is 1. The monoisotopic (exact) mass is 521 g/mol. The first kappa shape index (κ1) is 19.4. The lowest BCUT2D eigenvalue weighted by atomic mass is 10.0. The predicted octanol–water partition coefficient (Wildman–Crippen LogP) is 4.57. The maximum Gasteiger partial charge on any atom is 0.317 e. The highest BCUT2D eigenvalue weighted by Gasteiger charge is 2.27. The van der Waals surface area contributed by atoms with Crippen LogP contribution in [0, 0.1) is 3.57 Å². The molecule has 0 aliphatic carbocycles. The number of aromatic nitrogens is 2. The minimum atomic E-state index is -0.939. The highest BCUT2D eigenvalue weighted by molar-refractivity contribution is 14.1. The van der Waals surface area contributed by atoms with Gasteiger partial charge in [0.25, 0.3) is 11.8 Å². The Labute approximate surface area is 191 Å². The second kappa shape index (κ2) is 8.31. The van der Waals surface area contributed by atoms with Crippen molar-refractivity contribution in [2.75, 3.05) is 10.6 Å². The second-order valence-electron chi connectivity index (χ2n) is 6.82. The lowest BCUT2D eigenvalue weighted by Crippen LogP contribution is -2.32. The van der Waals surface area contributed by atoms with Crippen LogP contribution < -0.4 is 10.6 Å². The number of fused-ring (bicyclic) bond motifs is 1. The van der Waals surface area contributed by atoms with Crippen LogP contribution in [-0.2, 0) is 4.79 Å². The Morgan fingerprint density at radius 3 is 2.39 bits per heavy atom. The number of hydrogen-bond acceptors (Lipinski definition) is 6. The van der Waals surface area contributed by atoms with Gasteiger partial charge in [-0.25, -0.2) is 4.99 Å². The van der Waals surface area contributed by atoms with Crippen molar-refractivity contribution in [3.05, 3.63) is 93.6 Å². The fourth-order valence-corrected chi connectivity index (χ4v) is 3.94. The van der Waals surface area contributed by atoms with Crippen molar-refractivity contribution in [3.8, 4) is 11.5 Å². The average Bonchev–Trinajstić information content (AvgIpc) is 3.21. The van der Waals surface area contributed by atoms with E-state index >= 15 is 0 Å². The normalized spacial score (nSPS) is 15.5. The Hall–Kier alpha value is -3.53. The molecule has 7 nitrogen and oxygen atoms in total. The molecule has 152 valence electrons. The first-order chi connectivity index (χ1) is 15.2. The molecule has 1 aliphatic heterocycles. The molecule has 0 spiro atoms. The van der Waals surface area contributed by atoms with Gasteiger partial charge in [-0.2, -0.15) is 0 Å². The molecule has 5 rings (SSSR count). The van der Waals surface area contributed by atoms with E-state index in [4.69, 9.17) is 9.41 Å². The number of para-hydroxylation sites is 1. The molecule has 0 bridgehead atoms. The summed E-state index contributed by atoms with van der Waals surface area (Å²) in [5.41, 5.74) is 3.98. The maximum absolute atomic E-state index is 12.9. The van der Waals surface area contributed by atoms with Gasteiger partial charge in [-0.3, -0.25) is 4.79 Å². The standard InChI is InChI=1S/C23H16IN5O2/c24-17-12-6-4-10-15(17)22-28-29-23(31-22)27-20-21(30)25-18-13-7-5-11-16(18)19(26-20)14-8-2-1-3-9-14/h1-13,20H,(H,25,30)(H,27,29)/t20-/m1/s1. The smallest absolute Gasteiger partial charge is 0.317 e. The zero-order valence-electron chi connectivity index (χ0n) is 16.1. The summed E-state index contributed by atoms with van der Waals surface area (Å²) >= 11 is 2.21. The van der Waals surface area contributed by atoms with Gasteiger partial charge in [-0.05, 0) is 40.8 Å². The number of halogens is 1. The molecule has 0 saturated carbocycles. The molecule has 1 aliphatic rings. The van der Waals surface area contributed by atoms with Gasteiger partial charge in [-0.15, -0.1) is 5.10 Å². The molecule has 8 heteroatoms. The van der Waals surface area contributed by atoms with Crippen LogP contribution >= 0.6 is 22.6 Å². The fourth-order valence-electron chi connectivity index (χ4n) is 3.32. The number of benzene rings is 3. The summed E-state index contributed by atoms with van der Waals surface area (Å²) in [4.78, 5) is 17.6. The van der Waals surface area contributed by atoms with E-state index in [1.165, 1.54) is 0 Å². The first-order valence-corrected chi connectivity index (χ1v) is 10.7. The molecular formula is C23H16IN5O2. The Balaban J connectivity index is 1.51. The number of amides is 1. The van der Waals surface area contributed by atoms with Crippen molar-refractivity contribution in [3.63, 3.8) is 0 Å². The van der Waals surface area contributed by atoms with Gasteiger partial charge < -0.3 is 15.1 Å². The largest absolute Gasteiger partial charge is 0.403 e. The summed E-state index contributed by atoms with van der Waals surface area (Å²) < 4.78 is 6.76. The summed E-state index contributed by atoms with van der Waals surface area (Å²) in [7, 11) is 0. The number of nitrogens with zero attached hydrogens (tertiary/aromatic N) is 3. The molecule has 0 radical (unpaired) electrons. The summed E-state index contributed by atoms with van der Waals surface area (Å²) in [5.74, 6) is 0.0597. The quantitative estimate of drug-likeness (QED) is 0.384. The van der Waals surface area contributed by atoms with Crippen molar-refractivity contribution < 1.29 is 9.21 Å². The molecule has 1 atom stereocenters. The molecule has 0 fully saturated rings. The minimum Gasteiger partial charge on any atom is -0.403 e. The predicted molar refractivity (Wildman–Crippen MR) is 127 cm³/mol. The average molecular weight is 521 g/mol. The van der Waals surface area contributed by atoms with E-state index in [0.717, 1.165) is 20.3 Å². The molecule has 31 heavy (non-hydrogen) atoms. The highest BCUT2D eigenvalue weighted by atomic mass is 127. The molecule has 3 aromatic carbocycles. The van der Waals surface area contributed by atoms with Crippen molar-refractivity contribution in [2.24, 2.45) is 4.99 Å². The molecule has 1 aromatic heterocycles. The molecule has 1 amide bonds. The third-order valence-corrected chi connectivity index (χ3v) is 5.72. The van der Waals surface area contributed by atoms with Crippen molar-refractivity contribution >= 4 is 45.9 Å². The van der Waals surface area contributed by atoms with Gasteiger partial charge in [0, 0.05) is 14.7 Å². The molecule has 0 saturated heterocycles. The summed E-state index contributed by atoms with van der Waals surface area (Å²) in [6.07, 6.45) is -0.939. The van der Waals surface area contributed by atoms with E-state index in [9.17, 15) is 4.79 Å². The van der Waals surface area contributed by atoms with Crippen LogP contribution in [0.3, 0.4) is 0 Å². The van der Waals surface area contributed by atoms with Crippen molar-refractivity contribution in [1.82, 2.24) is 10.2 Å². The van der Waals surface area contributed by atoms with Gasteiger partial charge in [0.15, 0.2) is 0 Å². The highest BCUT2D eigenvalue weighted by Crippen LogP contribution is 2.27. The van der Waals surface area contributed by atoms with Gasteiger partial charge in [0.1, 0.15) is 0 Å². The zero-order chi connectivity index (χ0) is 21.2. The fraction of sp³-hybridized carbons (Fsp3) is 0.0435. The molecule has 2 N–H and O–H groups in total. The van der Waals surface area contributed by atoms with Gasteiger partial charge in [0.2, 0.25) is 6.17 Å². The number of nitrogens with one attached hydrogen (secondary N) is 2. The Morgan fingerprint density at radius 1 is 0.871 bits per heavy atom. The Morgan fingerprint density at radius 2 is 1.58 bits per heavy atom.